The van der Waals surface area contributed by atoms with Crippen LogP contribution in [0.3, 0.4) is 0 Å². The molecule has 4 nitrogen and oxygen atoms in total. The number of hydrogen-bond donors (Lipinski definition) is 1. The van der Waals surface area contributed by atoms with Gasteiger partial charge in [0.25, 0.3) is 0 Å². The molecule has 1 aromatic heterocycles. The molecule has 0 saturated heterocycles. The quantitative estimate of drug-likeness (QED) is 0.707. The number of hydrogen-bond acceptors (Lipinski definition) is 2. The normalized spacial score (nSPS) is 17.8. The van der Waals surface area contributed by atoms with Crippen LogP contribution in [0.5, 0.6) is 0 Å². The van der Waals surface area contributed by atoms with E-state index in [4.69, 9.17) is 0 Å². The van der Waals surface area contributed by atoms with Crippen molar-refractivity contribution < 1.29 is 0 Å². The third-order valence-corrected chi connectivity index (χ3v) is 2.31. The second-order valence-electron chi connectivity index (χ2n) is 4.67. The zero-order valence-corrected chi connectivity index (χ0v) is 8.29. The van der Waals surface area contributed by atoms with Crippen LogP contribution in [0.2, 0.25) is 0 Å². The largest absolute Gasteiger partial charge is 0.343 e. The van der Waals surface area contributed by atoms with Crippen molar-refractivity contribution in [3.63, 3.8) is 0 Å². The summed E-state index contributed by atoms with van der Waals surface area (Å²) < 4.78 is 1.77. The Balaban J connectivity index is 2.52. The van der Waals surface area contributed by atoms with E-state index < -0.39 is 0 Å². The maximum Gasteiger partial charge on any atom is 0.343 e. The molecule has 1 fully saturated rings. The van der Waals surface area contributed by atoms with E-state index in [0.29, 0.717) is 5.92 Å². The second-order valence-corrected chi connectivity index (χ2v) is 4.67. The van der Waals surface area contributed by atoms with Gasteiger partial charge in [0.05, 0.1) is 0 Å². The zero-order valence-electron chi connectivity index (χ0n) is 8.29. The van der Waals surface area contributed by atoms with Gasteiger partial charge in [0.1, 0.15) is 5.82 Å². The fourth-order valence-electron chi connectivity index (χ4n) is 1.57. The predicted molar refractivity (Wildman–Crippen MR) is 49.8 cm³/mol. The van der Waals surface area contributed by atoms with E-state index in [9.17, 15) is 4.79 Å². The number of aromatic amines is 1. The Bertz CT molecular complexity index is 365. The summed E-state index contributed by atoms with van der Waals surface area (Å²) in [6.45, 7) is 6.07. The molecule has 1 aliphatic carbocycles. The fourth-order valence-corrected chi connectivity index (χ4v) is 1.57. The minimum Gasteiger partial charge on any atom is -0.273 e. The molecule has 0 aromatic carbocycles. The topological polar surface area (TPSA) is 50.7 Å². The first kappa shape index (κ1) is 8.53. The van der Waals surface area contributed by atoms with Crippen LogP contribution in [0.1, 0.15) is 45.4 Å². The molecule has 0 amide bonds. The molecule has 0 unspecified atom stereocenters. The van der Waals surface area contributed by atoms with Crippen molar-refractivity contribution in [1.29, 1.82) is 0 Å². The maximum absolute atomic E-state index is 11.5. The summed E-state index contributed by atoms with van der Waals surface area (Å²) in [5, 5.41) is 6.59. The smallest absolute Gasteiger partial charge is 0.273 e. The highest BCUT2D eigenvalue weighted by molar-refractivity contribution is 5.07. The third kappa shape index (κ3) is 1.41. The molecule has 13 heavy (non-hydrogen) atoms. The van der Waals surface area contributed by atoms with Crippen LogP contribution >= 0.6 is 0 Å². The Morgan fingerprint density at radius 3 is 2.54 bits per heavy atom. The van der Waals surface area contributed by atoms with E-state index in [1.807, 2.05) is 20.8 Å². The lowest BCUT2D eigenvalue weighted by Crippen LogP contribution is -2.33. The van der Waals surface area contributed by atoms with Gasteiger partial charge in [-0.05, 0) is 33.6 Å². The first-order valence-electron chi connectivity index (χ1n) is 4.68. The van der Waals surface area contributed by atoms with Crippen molar-refractivity contribution in [3.05, 3.63) is 16.3 Å². The highest BCUT2D eigenvalue weighted by Crippen LogP contribution is 2.39. The first-order valence-corrected chi connectivity index (χ1v) is 4.68. The summed E-state index contributed by atoms with van der Waals surface area (Å²) >= 11 is 0. The van der Waals surface area contributed by atoms with Crippen LogP contribution < -0.4 is 5.69 Å². The highest BCUT2D eigenvalue weighted by Gasteiger charge is 2.32. The predicted octanol–water partition coefficient (Wildman–Crippen LogP) is 1.20. The summed E-state index contributed by atoms with van der Waals surface area (Å²) in [7, 11) is 0. The lowest BCUT2D eigenvalue weighted by Gasteiger charge is -2.21. The Kier molecular flexibility index (Phi) is 1.62. The summed E-state index contributed by atoms with van der Waals surface area (Å²) in [5.41, 5.74) is -0.253. The Morgan fingerprint density at radius 2 is 2.08 bits per heavy atom. The fraction of sp³-hybridized carbons (Fsp3) is 0.778. The Labute approximate surface area is 77.0 Å². The van der Waals surface area contributed by atoms with Crippen molar-refractivity contribution >= 4 is 0 Å². The van der Waals surface area contributed by atoms with Gasteiger partial charge >= 0.3 is 5.69 Å². The van der Waals surface area contributed by atoms with Gasteiger partial charge in [-0.15, -0.1) is 0 Å². The summed E-state index contributed by atoms with van der Waals surface area (Å²) in [6.07, 6.45) is 2.33. The van der Waals surface area contributed by atoms with Gasteiger partial charge < -0.3 is 0 Å². The molecule has 1 saturated carbocycles. The minimum atomic E-state index is -0.165. The van der Waals surface area contributed by atoms with E-state index in [1.54, 1.807) is 4.57 Å². The molecule has 0 aliphatic heterocycles. The van der Waals surface area contributed by atoms with Crippen LogP contribution in [0, 0.1) is 0 Å². The van der Waals surface area contributed by atoms with Crippen molar-refractivity contribution in [2.45, 2.75) is 45.1 Å². The van der Waals surface area contributed by atoms with Crippen LogP contribution in [-0.4, -0.2) is 14.8 Å². The lowest BCUT2D eigenvalue weighted by molar-refractivity contribution is 0.371. The minimum absolute atomic E-state index is 0.0885. The van der Waals surface area contributed by atoms with E-state index in [2.05, 4.69) is 10.2 Å². The molecular formula is C9H15N3O. The number of nitrogens with one attached hydrogen (secondary N) is 1. The molecule has 0 spiro atoms. The van der Waals surface area contributed by atoms with Crippen LogP contribution in [0.4, 0.5) is 0 Å². The number of nitrogens with zero attached hydrogens (tertiary/aromatic N) is 2. The molecule has 1 aliphatic rings. The van der Waals surface area contributed by atoms with Crippen LogP contribution in [-0.2, 0) is 5.54 Å². The average Bonchev–Trinajstić information content (AvgIpc) is 2.73. The molecule has 72 valence electrons. The second kappa shape index (κ2) is 2.47. The van der Waals surface area contributed by atoms with E-state index >= 15 is 0 Å². The number of aromatic nitrogens is 3. The van der Waals surface area contributed by atoms with Crippen molar-refractivity contribution in [1.82, 2.24) is 14.8 Å². The van der Waals surface area contributed by atoms with Gasteiger partial charge in [0.2, 0.25) is 0 Å². The lowest BCUT2D eigenvalue weighted by atomic mass is 10.1. The maximum atomic E-state index is 11.5. The van der Waals surface area contributed by atoms with Gasteiger partial charge in [-0.25, -0.2) is 9.89 Å². The standard InChI is InChI=1S/C9H15N3O/c1-9(2,3)12-7(6-4-5-6)10-11-8(12)13/h6H,4-5H2,1-3H3,(H,11,13). The molecular weight excluding hydrogens is 166 g/mol. The highest BCUT2D eigenvalue weighted by atomic mass is 16.1. The molecule has 1 N–H and O–H groups in total. The van der Waals surface area contributed by atoms with Crippen molar-refractivity contribution in [3.8, 4) is 0 Å². The molecule has 0 bridgehead atoms. The molecule has 0 radical (unpaired) electrons. The average molecular weight is 181 g/mol. The zero-order chi connectivity index (χ0) is 9.64. The summed E-state index contributed by atoms with van der Waals surface area (Å²) in [6, 6.07) is 0. The Hall–Kier alpha value is -1.06. The SMILES string of the molecule is CC(C)(C)n1c(C2CC2)n[nH]c1=O. The van der Waals surface area contributed by atoms with Crippen LogP contribution in [0.25, 0.3) is 0 Å². The van der Waals surface area contributed by atoms with Crippen molar-refractivity contribution in [2.24, 2.45) is 0 Å². The van der Waals surface area contributed by atoms with Gasteiger partial charge in [-0.2, -0.15) is 5.10 Å². The first-order chi connectivity index (χ1) is 6.00. The third-order valence-electron chi connectivity index (χ3n) is 2.31. The molecule has 4 heteroatoms. The summed E-state index contributed by atoms with van der Waals surface area (Å²) in [4.78, 5) is 11.5. The Morgan fingerprint density at radius 1 is 1.46 bits per heavy atom. The van der Waals surface area contributed by atoms with Gasteiger partial charge in [0.15, 0.2) is 0 Å². The van der Waals surface area contributed by atoms with Gasteiger partial charge in [-0.3, -0.25) is 4.57 Å². The van der Waals surface area contributed by atoms with Gasteiger partial charge in [0, 0.05) is 11.5 Å². The van der Waals surface area contributed by atoms with Crippen LogP contribution in [0.15, 0.2) is 4.79 Å². The van der Waals surface area contributed by atoms with E-state index in [1.165, 1.54) is 12.8 Å². The van der Waals surface area contributed by atoms with E-state index in [-0.39, 0.29) is 11.2 Å². The molecule has 0 atom stereocenters. The molecule has 2 rings (SSSR count). The monoisotopic (exact) mass is 181 g/mol. The summed E-state index contributed by atoms with van der Waals surface area (Å²) in [5.74, 6) is 1.44. The van der Waals surface area contributed by atoms with Gasteiger partial charge in [-0.1, -0.05) is 0 Å². The number of rotatable bonds is 1. The number of H-pyrrole nitrogens is 1. The molecule has 1 heterocycles. The van der Waals surface area contributed by atoms with Crippen molar-refractivity contribution in [2.75, 3.05) is 0 Å². The van der Waals surface area contributed by atoms with E-state index in [0.717, 1.165) is 5.82 Å². The molecule has 1 aromatic rings.